The highest BCUT2D eigenvalue weighted by Gasteiger charge is 2.31. The van der Waals surface area contributed by atoms with E-state index in [0.717, 1.165) is 12.1 Å². The van der Waals surface area contributed by atoms with Crippen molar-refractivity contribution < 1.29 is 13.2 Å². The Kier molecular flexibility index (Phi) is 3.42. The van der Waals surface area contributed by atoms with Crippen molar-refractivity contribution >= 4 is 28.7 Å². The predicted molar refractivity (Wildman–Crippen MR) is 66.4 cm³/mol. The summed E-state index contributed by atoms with van der Waals surface area (Å²) in [7, 11) is 1.52. The number of hydrogen-bond donors (Lipinski definition) is 2. The molecule has 0 aliphatic heterocycles. The average molecular weight is 273 g/mol. The Hall–Kier alpha value is -1.76. The summed E-state index contributed by atoms with van der Waals surface area (Å²) in [6, 6.07) is 3.73. The topological polar surface area (TPSA) is 37.0 Å². The van der Waals surface area contributed by atoms with E-state index in [0.29, 0.717) is 5.69 Å². The first-order chi connectivity index (χ1) is 8.49. The third kappa shape index (κ3) is 2.92. The highest BCUT2D eigenvalue weighted by molar-refractivity contribution is 7.08. The molecule has 2 heterocycles. The van der Waals surface area contributed by atoms with Crippen molar-refractivity contribution in [3.63, 3.8) is 0 Å². The van der Waals surface area contributed by atoms with E-state index in [1.54, 1.807) is 11.4 Å². The molecule has 0 aliphatic rings. The molecule has 0 aromatic carbocycles. The third-order valence-corrected chi connectivity index (χ3v) is 2.89. The normalized spacial score (nSPS) is 11.3. The van der Waals surface area contributed by atoms with Crippen LogP contribution in [0, 0.1) is 0 Å². The highest BCUT2D eigenvalue weighted by Crippen LogP contribution is 2.32. The molecule has 0 saturated heterocycles. The summed E-state index contributed by atoms with van der Waals surface area (Å²) >= 11 is 1.45. The van der Waals surface area contributed by atoms with Gasteiger partial charge in [0.05, 0.1) is 11.3 Å². The van der Waals surface area contributed by atoms with Gasteiger partial charge in [0.1, 0.15) is 11.6 Å². The van der Waals surface area contributed by atoms with E-state index in [4.69, 9.17) is 0 Å². The van der Waals surface area contributed by atoms with E-state index < -0.39 is 11.7 Å². The maximum Gasteiger partial charge on any atom is 0.416 e. The highest BCUT2D eigenvalue weighted by atomic mass is 32.1. The number of aromatic nitrogens is 1. The number of pyridine rings is 1. The van der Waals surface area contributed by atoms with Crippen LogP contribution in [0.15, 0.2) is 29.0 Å². The van der Waals surface area contributed by atoms with Gasteiger partial charge in [0, 0.05) is 12.4 Å². The molecule has 2 aromatic rings. The monoisotopic (exact) mass is 273 g/mol. The van der Waals surface area contributed by atoms with Gasteiger partial charge in [-0.1, -0.05) is 0 Å². The molecule has 0 atom stereocenters. The lowest BCUT2D eigenvalue weighted by Crippen LogP contribution is -2.08. The summed E-state index contributed by atoms with van der Waals surface area (Å²) in [5.74, 6) is 0.329. The van der Waals surface area contributed by atoms with E-state index in [-0.39, 0.29) is 11.6 Å². The SMILES string of the molecule is CNc1cc(C(F)(F)F)cc(Nc2ccsc2)n1. The zero-order chi connectivity index (χ0) is 13.2. The van der Waals surface area contributed by atoms with Crippen LogP contribution in [-0.2, 0) is 6.18 Å². The Labute approximate surface area is 106 Å². The van der Waals surface area contributed by atoms with E-state index in [9.17, 15) is 13.2 Å². The molecule has 18 heavy (non-hydrogen) atoms. The fraction of sp³-hybridized carbons (Fsp3) is 0.182. The van der Waals surface area contributed by atoms with E-state index in [1.165, 1.54) is 18.4 Å². The molecular formula is C11H10F3N3S. The number of nitrogens with one attached hydrogen (secondary N) is 2. The maximum absolute atomic E-state index is 12.7. The van der Waals surface area contributed by atoms with Crippen molar-refractivity contribution in [2.24, 2.45) is 0 Å². The standard InChI is InChI=1S/C11H10F3N3S/c1-15-9-4-7(11(12,13)14)5-10(17-9)16-8-2-3-18-6-8/h2-6H,1H3,(H2,15,16,17). The fourth-order valence-corrected chi connectivity index (χ4v) is 1.96. The number of rotatable bonds is 3. The minimum absolute atomic E-state index is 0.160. The first-order valence-electron chi connectivity index (χ1n) is 5.05. The zero-order valence-electron chi connectivity index (χ0n) is 9.38. The summed E-state index contributed by atoms with van der Waals surface area (Å²) in [5.41, 5.74) is -0.0199. The summed E-state index contributed by atoms with van der Waals surface area (Å²) in [5, 5.41) is 9.06. The molecule has 2 rings (SSSR count). The Morgan fingerprint density at radius 2 is 1.94 bits per heavy atom. The van der Waals surface area contributed by atoms with Crippen LogP contribution in [0.1, 0.15) is 5.56 Å². The molecule has 2 N–H and O–H groups in total. The number of hydrogen-bond acceptors (Lipinski definition) is 4. The lowest BCUT2D eigenvalue weighted by Gasteiger charge is -2.11. The third-order valence-electron chi connectivity index (χ3n) is 2.20. The second-order valence-corrected chi connectivity index (χ2v) is 4.29. The van der Waals surface area contributed by atoms with Crippen molar-refractivity contribution in [2.75, 3.05) is 17.7 Å². The minimum atomic E-state index is -4.39. The predicted octanol–water partition coefficient (Wildman–Crippen LogP) is 3.95. The van der Waals surface area contributed by atoms with Gasteiger partial charge in [0.2, 0.25) is 0 Å². The van der Waals surface area contributed by atoms with Crippen molar-refractivity contribution in [1.29, 1.82) is 0 Å². The summed E-state index contributed by atoms with van der Waals surface area (Å²) in [4.78, 5) is 4.02. The second kappa shape index (κ2) is 4.85. The molecule has 2 aromatic heterocycles. The van der Waals surface area contributed by atoms with Crippen molar-refractivity contribution in [2.45, 2.75) is 6.18 Å². The van der Waals surface area contributed by atoms with E-state index in [2.05, 4.69) is 15.6 Å². The molecule has 0 bridgehead atoms. The number of nitrogens with zero attached hydrogens (tertiary/aromatic N) is 1. The Morgan fingerprint density at radius 3 is 2.50 bits per heavy atom. The van der Waals surface area contributed by atoms with Crippen LogP contribution in [0.2, 0.25) is 0 Å². The van der Waals surface area contributed by atoms with Crippen LogP contribution >= 0.6 is 11.3 Å². The molecule has 7 heteroatoms. The van der Waals surface area contributed by atoms with Crippen molar-refractivity contribution in [3.05, 3.63) is 34.5 Å². The first kappa shape index (κ1) is 12.7. The lowest BCUT2D eigenvalue weighted by atomic mass is 10.2. The molecule has 0 aliphatic carbocycles. The van der Waals surface area contributed by atoms with Crippen molar-refractivity contribution in [3.8, 4) is 0 Å². The van der Waals surface area contributed by atoms with Crippen LogP contribution in [0.25, 0.3) is 0 Å². The largest absolute Gasteiger partial charge is 0.416 e. The van der Waals surface area contributed by atoms with Gasteiger partial charge in [-0.2, -0.15) is 24.5 Å². The molecule has 3 nitrogen and oxygen atoms in total. The lowest BCUT2D eigenvalue weighted by molar-refractivity contribution is -0.137. The van der Waals surface area contributed by atoms with Gasteiger partial charge >= 0.3 is 6.18 Å². The van der Waals surface area contributed by atoms with Gasteiger partial charge in [0.25, 0.3) is 0 Å². The number of alkyl halides is 3. The van der Waals surface area contributed by atoms with Gasteiger partial charge in [-0.15, -0.1) is 0 Å². The van der Waals surface area contributed by atoms with E-state index >= 15 is 0 Å². The number of anilines is 3. The summed E-state index contributed by atoms with van der Waals surface area (Å²) < 4.78 is 38.0. The Balaban J connectivity index is 2.35. The van der Waals surface area contributed by atoms with Gasteiger partial charge in [0.15, 0.2) is 0 Å². The molecule has 0 amide bonds. The van der Waals surface area contributed by atoms with Crippen molar-refractivity contribution in [1.82, 2.24) is 4.98 Å². The molecular weight excluding hydrogens is 263 g/mol. The maximum atomic E-state index is 12.7. The van der Waals surface area contributed by atoms with Gasteiger partial charge in [-0.25, -0.2) is 4.98 Å². The Morgan fingerprint density at radius 1 is 1.22 bits per heavy atom. The molecule has 0 spiro atoms. The van der Waals surface area contributed by atoms with Crippen LogP contribution in [0.3, 0.4) is 0 Å². The Bertz CT molecular complexity index is 523. The van der Waals surface area contributed by atoms with Crippen LogP contribution in [-0.4, -0.2) is 12.0 Å². The minimum Gasteiger partial charge on any atom is -0.373 e. The quantitative estimate of drug-likeness (QED) is 0.889. The summed E-state index contributed by atoms with van der Waals surface area (Å²) in [6.07, 6.45) is -4.39. The second-order valence-electron chi connectivity index (χ2n) is 3.51. The molecule has 0 fully saturated rings. The van der Waals surface area contributed by atoms with Gasteiger partial charge < -0.3 is 10.6 Å². The van der Waals surface area contributed by atoms with Crippen LogP contribution in [0.5, 0.6) is 0 Å². The molecule has 96 valence electrons. The smallest absolute Gasteiger partial charge is 0.373 e. The summed E-state index contributed by atoms with van der Waals surface area (Å²) in [6.45, 7) is 0. The number of halogens is 3. The van der Waals surface area contributed by atoms with Crippen LogP contribution < -0.4 is 10.6 Å². The van der Waals surface area contributed by atoms with Gasteiger partial charge in [-0.3, -0.25) is 0 Å². The average Bonchev–Trinajstić information content (AvgIpc) is 2.80. The fourth-order valence-electron chi connectivity index (χ4n) is 1.37. The van der Waals surface area contributed by atoms with Crippen LogP contribution in [0.4, 0.5) is 30.5 Å². The molecule has 0 unspecified atom stereocenters. The molecule has 0 radical (unpaired) electrons. The first-order valence-corrected chi connectivity index (χ1v) is 5.99. The zero-order valence-corrected chi connectivity index (χ0v) is 10.2. The van der Waals surface area contributed by atoms with Gasteiger partial charge in [-0.05, 0) is 23.6 Å². The van der Waals surface area contributed by atoms with E-state index in [1.807, 2.05) is 5.38 Å². The number of thiophene rings is 1. The molecule has 0 saturated carbocycles.